The largest absolute Gasteiger partial charge is 0.345 e. The maximum absolute atomic E-state index is 12.3. The lowest BCUT2D eigenvalue weighted by molar-refractivity contribution is -0.113. The van der Waals surface area contributed by atoms with Gasteiger partial charge in [0.05, 0.1) is 12.3 Å². The molecule has 0 aliphatic rings. The van der Waals surface area contributed by atoms with Gasteiger partial charge < -0.3 is 15.2 Å². The topological polar surface area (TPSA) is 88.9 Å². The highest BCUT2D eigenvalue weighted by atomic mass is 35.5. The van der Waals surface area contributed by atoms with Crippen molar-refractivity contribution in [2.45, 2.75) is 39.0 Å². The van der Waals surface area contributed by atoms with Crippen molar-refractivity contribution < 1.29 is 9.59 Å². The molecule has 1 aromatic heterocycles. The highest BCUT2D eigenvalue weighted by molar-refractivity contribution is 7.99. The maximum atomic E-state index is 12.3. The summed E-state index contributed by atoms with van der Waals surface area (Å²) >= 11 is 7.26. The molecular formula is C22H24ClN5O2S. The fraction of sp³-hybridized carbons (Fsp3) is 0.273. The van der Waals surface area contributed by atoms with E-state index in [0.29, 0.717) is 28.1 Å². The van der Waals surface area contributed by atoms with Crippen LogP contribution in [0.1, 0.15) is 34.2 Å². The third-order valence-corrected chi connectivity index (χ3v) is 5.83. The summed E-state index contributed by atoms with van der Waals surface area (Å²) in [6, 6.07) is 12.7. The zero-order valence-electron chi connectivity index (χ0n) is 17.6. The number of nitrogens with one attached hydrogen (secondary N) is 2. The van der Waals surface area contributed by atoms with Crippen LogP contribution < -0.4 is 10.6 Å². The Labute approximate surface area is 190 Å². The molecule has 0 atom stereocenters. The maximum Gasteiger partial charge on any atom is 0.251 e. The molecule has 7 nitrogen and oxygen atoms in total. The fourth-order valence-corrected chi connectivity index (χ4v) is 3.97. The summed E-state index contributed by atoms with van der Waals surface area (Å²) in [5.41, 5.74) is 3.32. The number of halogens is 1. The minimum Gasteiger partial charge on any atom is -0.345 e. The molecule has 0 saturated carbocycles. The van der Waals surface area contributed by atoms with Gasteiger partial charge in [-0.2, -0.15) is 0 Å². The van der Waals surface area contributed by atoms with Crippen molar-refractivity contribution in [3.8, 4) is 0 Å². The van der Waals surface area contributed by atoms with Crippen LogP contribution >= 0.6 is 23.4 Å². The van der Waals surface area contributed by atoms with Crippen LogP contribution in [0.4, 0.5) is 5.69 Å². The van der Waals surface area contributed by atoms with Crippen LogP contribution in [0.3, 0.4) is 0 Å². The molecule has 0 spiro atoms. The van der Waals surface area contributed by atoms with Crippen LogP contribution in [0, 0.1) is 13.8 Å². The first-order valence-corrected chi connectivity index (χ1v) is 11.2. The Morgan fingerprint density at radius 1 is 1.10 bits per heavy atom. The van der Waals surface area contributed by atoms with E-state index in [1.807, 2.05) is 37.5 Å². The van der Waals surface area contributed by atoms with Gasteiger partial charge in [-0.3, -0.25) is 9.59 Å². The molecule has 0 fully saturated rings. The summed E-state index contributed by atoms with van der Waals surface area (Å²) in [5.74, 6) is 0.517. The normalized spacial score (nSPS) is 10.7. The van der Waals surface area contributed by atoms with Crippen molar-refractivity contribution in [2.75, 3.05) is 11.1 Å². The molecule has 162 valence electrons. The lowest BCUT2D eigenvalue weighted by atomic mass is 10.1. The van der Waals surface area contributed by atoms with Gasteiger partial charge in [-0.15, -0.1) is 10.2 Å². The summed E-state index contributed by atoms with van der Waals surface area (Å²) in [7, 11) is 0. The number of carbonyl (C=O) groups excluding carboxylic acids is 2. The van der Waals surface area contributed by atoms with Gasteiger partial charge >= 0.3 is 0 Å². The highest BCUT2D eigenvalue weighted by Gasteiger charge is 2.15. The highest BCUT2D eigenvalue weighted by Crippen LogP contribution is 2.21. The molecule has 0 unspecified atom stereocenters. The molecule has 0 aliphatic heterocycles. The summed E-state index contributed by atoms with van der Waals surface area (Å²) in [4.78, 5) is 24.7. The average Bonchev–Trinajstić information content (AvgIpc) is 3.15. The van der Waals surface area contributed by atoms with Crippen LogP contribution in [0.25, 0.3) is 0 Å². The summed E-state index contributed by atoms with van der Waals surface area (Å²) in [6.45, 7) is 6.71. The standard InChI is InChI=1S/C22H24ClN5O2S/c1-4-28-19(12-24-21(30)16-7-5-14(2)6-8-16)26-27-22(28)31-13-20(29)25-18-10-9-17(23)11-15(18)3/h5-11H,4,12-13H2,1-3H3,(H,24,30)(H,25,29). The first-order valence-electron chi connectivity index (χ1n) is 9.83. The van der Waals surface area contributed by atoms with Gasteiger partial charge in [0, 0.05) is 22.8 Å². The number of amides is 2. The molecule has 0 radical (unpaired) electrons. The van der Waals surface area contributed by atoms with Gasteiger partial charge in [-0.25, -0.2) is 0 Å². The monoisotopic (exact) mass is 457 g/mol. The fourth-order valence-electron chi connectivity index (χ4n) is 2.92. The second-order valence-corrected chi connectivity index (χ2v) is 8.37. The smallest absolute Gasteiger partial charge is 0.251 e. The molecule has 31 heavy (non-hydrogen) atoms. The number of nitrogens with zero attached hydrogens (tertiary/aromatic N) is 3. The van der Waals surface area contributed by atoms with E-state index in [4.69, 9.17) is 11.6 Å². The number of hydrogen-bond donors (Lipinski definition) is 2. The minimum atomic E-state index is -0.169. The predicted molar refractivity (Wildman–Crippen MR) is 124 cm³/mol. The summed E-state index contributed by atoms with van der Waals surface area (Å²) in [5, 5.41) is 15.4. The van der Waals surface area contributed by atoms with Crippen LogP contribution in [0.2, 0.25) is 5.02 Å². The van der Waals surface area contributed by atoms with Crippen molar-refractivity contribution >= 4 is 40.9 Å². The molecule has 2 amide bonds. The zero-order valence-corrected chi connectivity index (χ0v) is 19.2. The van der Waals surface area contributed by atoms with E-state index in [2.05, 4.69) is 20.8 Å². The minimum absolute atomic E-state index is 0.143. The second kappa shape index (κ2) is 10.5. The van der Waals surface area contributed by atoms with Crippen molar-refractivity contribution in [3.63, 3.8) is 0 Å². The third kappa shape index (κ3) is 6.08. The molecule has 3 rings (SSSR count). The Morgan fingerprint density at radius 2 is 1.84 bits per heavy atom. The second-order valence-electron chi connectivity index (χ2n) is 6.99. The Hall–Kier alpha value is -2.84. The van der Waals surface area contributed by atoms with E-state index in [-0.39, 0.29) is 24.1 Å². The van der Waals surface area contributed by atoms with Crippen molar-refractivity contribution in [1.29, 1.82) is 0 Å². The molecule has 3 aromatic rings. The van der Waals surface area contributed by atoms with Gasteiger partial charge in [0.15, 0.2) is 11.0 Å². The number of aromatic nitrogens is 3. The number of rotatable bonds is 8. The molecular weight excluding hydrogens is 434 g/mol. The molecule has 0 bridgehead atoms. The first-order chi connectivity index (χ1) is 14.9. The van der Waals surface area contributed by atoms with Crippen molar-refractivity contribution in [3.05, 3.63) is 70.0 Å². The zero-order chi connectivity index (χ0) is 22.4. The summed E-state index contributed by atoms with van der Waals surface area (Å²) in [6.07, 6.45) is 0. The Kier molecular flexibility index (Phi) is 7.70. The lowest BCUT2D eigenvalue weighted by Crippen LogP contribution is -2.24. The number of benzene rings is 2. The van der Waals surface area contributed by atoms with Gasteiger partial charge in [0.1, 0.15) is 0 Å². The van der Waals surface area contributed by atoms with Gasteiger partial charge in [0.2, 0.25) is 5.91 Å². The van der Waals surface area contributed by atoms with E-state index >= 15 is 0 Å². The third-order valence-electron chi connectivity index (χ3n) is 4.63. The van der Waals surface area contributed by atoms with Crippen LogP contribution in [0.15, 0.2) is 47.6 Å². The van der Waals surface area contributed by atoms with E-state index < -0.39 is 0 Å². The molecule has 2 N–H and O–H groups in total. The van der Waals surface area contributed by atoms with Crippen LogP contribution in [-0.2, 0) is 17.9 Å². The van der Waals surface area contributed by atoms with Crippen LogP contribution in [0.5, 0.6) is 0 Å². The number of anilines is 1. The van der Waals surface area contributed by atoms with Gasteiger partial charge in [0.25, 0.3) is 5.91 Å². The Balaban J connectivity index is 1.57. The number of hydrogen-bond acceptors (Lipinski definition) is 5. The molecule has 0 saturated heterocycles. The van der Waals surface area contributed by atoms with E-state index in [1.54, 1.807) is 30.3 Å². The lowest BCUT2D eigenvalue weighted by Gasteiger charge is -2.10. The van der Waals surface area contributed by atoms with Crippen molar-refractivity contribution in [2.24, 2.45) is 0 Å². The number of aryl methyl sites for hydroxylation is 2. The molecule has 0 aliphatic carbocycles. The quantitative estimate of drug-likeness (QED) is 0.494. The van der Waals surface area contributed by atoms with E-state index in [0.717, 1.165) is 16.8 Å². The Bertz CT molecular complexity index is 1080. The number of thioether (sulfide) groups is 1. The Morgan fingerprint density at radius 3 is 2.52 bits per heavy atom. The SMILES string of the molecule is CCn1c(CNC(=O)c2ccc(C)cc2)nnc1SCC(=O)Nc1ccc(Cl)cc1C. The van der Waals surface area contributed by atoms with Crippen LogP contribution in [-0.4, -0.2) is 32.3 Å². The van der Waals surface area contributed by atoms with E-state index in [9.17, 15) is 9.59 Å². The molecule has 2 aromatic carbocycles. The predicted octanol–water partition coefficient (Wildman–Crippen LogP) is 4.23. The van der Waals surface area contributed by atoms with E-state index in [1.165, 1.54) is 11.8 Å². The number of carbonyl (C=O) groups is 2. The van der Waals surface area contributed by atoms with Crippen molar-refractivity contribution in [1.82, 2.24) is 20.1 Å². The average molecular weight is 458 g/mol. The molecule has 1 heterocycles. The van der Waals surface area contributed by atoms with Gasteiger partial charge in [-0.05, 0) is 56.7 Å². The molecule has 9 heteroatoms. The summed E-state index contributed by atoms with van der Waals surface area (Å²) < 4.78 is 1.89. The van der Waals surface area contributed by atoms with Gasteiger partial charge in [-0.1, -0.05) is 41.1 Å². The first kappa shape index (κ1) is 22.8.